The predicted molar refractivity (Wildman–Crippen MR) is 51.6 cm³/mol. The largest absolute Gasteiger partial charge is 0.479 e. The van der Waals surface area contributed by atoms with Gasteiger partial charge in [-0.15, -0.1) is 0 Å². The lowest BCUT2D eigenvalue weighted by Crippen LogP contribution is -2.24. The van der Waals surface area contributed by atoms with Gasteiger partial charge in [-0.05, 0) is 18.2 Å². The summed E-state index contributed by atoms with van der Waals surface area (Å²) in [5.74, 6) is -2.68. The molecule has 0 bridgehead atoms. The monoisotopic (exact) mass is 280 g/mol. The van der Waals surface area contributed by atoms with Crippen LogP contribution in [0.3, 0.4) is 0 Å². The topological polar surface area (TPSA) is 57.5 Å². The molecule has 82 valence electrons. The number of aliphatic hydroxyl groups is 1. The average molecular weight is 281 g/mol. The number of carboxylic acids is 1. The fraction of sp³-hybridized carbons (Fsp3) is 0.222. The third kappa shape index (κ3) is 2.73. The Kier molecular flexibility index (Phi) is 3.76. The summed E-state index contributed by atoms with van der Waals surface area (Å²) in [5, 5.41) is 17.6. The van der Waals surface area contributed by atoms with E-state index in [9.17, 15) is 18.7 Å². The molecule has 3 nitrogen and oxygen atoms in total. The molecule has 0 saturated heterocycles. The van der Waals surface area contributed by atoms with Crippen LogP contribution in [-0.4, -0.2) is 22.4 Å². The van der Waals surface area contributed by atoms with Crippen molar-refractivity contribution in [2.24, 2.45) is 0 Å². The Labute approximate surface area is 92.5 Å². The van der Waals surface area contributed by atoms with Crippen molar-refractivity contribution in [1.82, 2.24) is 0 Å². The van der Waals surface area contributed by atoms with E-state index in [2.05, 4.69) is 15.9 Å². The first kappa shape index (κ1) is 12.1. The van der Waals surface area contributed by atoms with Crippen LogP contribution in [0.2, 0.25) is 0 Å². The Morgan fingerprint density at radius 2 is 2.07 bits per heavy atom. The van der Waals surface area contributed by atoms with Crippen molar-refractivity contribution in [3.63, 3.8) is 0 Å². The summed E-state index contributed by atoms with van der Waals surface area (Å²) in [7, 11) is 0. The van der Waals surface area contributed by atoms with Gasteiger partial charge in [0.15, 0.2) is 0 Å². The van der Waals surface area contributed by atoms with E-state index in [1.807, 2.05) is 0 Å². The normalized spacial score (nSPS) is 14.7. The molecule has 0 aliphatic carbocycles. The minimum Gasteiger partial charge on any atom is -0.479 e. The molecular formula is C9H7BrF2O3. The van der Waals surface area contributed by atoms with Crippen LogP contribution in [0.15, 0.2) is 22.7 Å². The highest BCUT2D eigenvalue weighted by Gasteiger charge is 2.29. The van der Waals surface area contributed by atoms with Crippen molar-refractivity contribution in [1.29, 1.82) is 0 Å². The van der Waals surface area contributed by atoms with E-state index in [0.29, 0.717) is 4.47 Å². The summed E-state index contributed by atoms with van der Waals surface area (Å²) in [6.07, 6.45) is -4.56. The number of hydrogen-bond donors (Lipinski definition) is 2. The first-order valence-corrected chi connectivity index (χ1v) is 4.72. The molecule has 6 heteroatoms. The third-order valence-electron chi connectivity index (χ3n) is 1.79. The molecule has 0 saturated carbocycles. The first-order chi connectivity index (χ1) is 6.93. The molecule has 1 aromatic carbocycles. The van der Waals surface area contributed by atoms with E-state index in [-0.39, 0.29) is 5.56 Å². The van der Waals surface area contributed by atoms with Gasteiger partial charge >= 0.3 is 5.97 Å². The smallest absolute Gasteiger partial charge is 0.341 e. The van der Waals surface area contributed by atoms with E-state index < -0.39 is 24.1 Å². The second kappa shape index (κ2) is 4.67. The van der Waals surface area contributed by atoms with Gasteiger partial charge in [0.25, 0.3) is 0 Å². The van der Waals surface area contributed by atoms with Crippen LogP contribution in [0.25, 0.3) is 0 Å². The zero-order chi connectivity index (χ0) is 11.6. The van der Waals surface area contributed by atoms with Crippen molar-refractivity contribution in [3.8, 4) is 0 Å². The number of alkyl halides is 1. The summed E-state index contributed by atoms with van der Waals surface area (Å²) < 4.78 is 26.4. The molecule has 2 N–H and O–H groups in total. The van der Waals surface area contributed by atoms with Gasteiger partial charge in [-0.2, -0.15) is 0 Å². The summed E-state index contributed by atoms with van der Waals surface area (Å²) in [6, 6.07) is 3.51. The van der Waals surface area contributed by atoms with Gasteiger partial charge in [0.05, 0.1) is 0 Å². The van der Waals surface area contributed by atoms with Crippen molar-refractivity contribution in [2.45, 2.75) is 12.3 Å². The van der Waals surface area contributed by atoms with Crippen LogP contribution >= 0.6 is 15.9 Å². The number of aliphatic carboxylic acids is 1. The first-order valence-electron chi connectivity index (χ1n) is 3.93. The average Bonchev–Trinajstić information content (AvgIpc) is 2.19. The van der Waals surface area contributed by atoms with Gasteiger partial charge < -0.3 is 10.2 Å². The van der Waals surface area contributed by atoms with Crippen molar-refractivity contribution >= 4 is 21.9 Å². The zero-order valence-electron chi connectivity index (χ0n) is 7.32. The number of carboxylic acid groups (broad SMARTS) is 1. The van der Waals surface area contributed by atoms with Crippen molar-refractivity contribution in [3.05, 3.63) is 34.1 Å². The minimum absolute atomic E-state index is 0.390. The molecule has 0 aliphatic rings. The Morgan fingerprint density at radius 1 is 1.47 bits per heavy atom. The Morgan fingerprint density at radius 3 is 2.60 bits per heavy atom. The fourth-order valence-corrected chi connectivity index (χ4v) is 1.41. The molecule has 0 aromatic heterocycles. The molecule has 15 heavy (non-hydrogen) atoms. The fourth-order valence-electron chi connectivity index (χ4n) is 1.03. The maximum Gasteiger partial charge on any atom is 0.341 e. The number of carbonyl (C=O) groups is 1. The van der Waals surface area contributed by atoms with E-state index in [1.54, 1.807) is 0 Å². The Bertz CT molecular complexity index is 384. The molecule has 2 atom stereocenters. The standard InChI is InChI=1S/C9H7BrF2O3/c10-4-1-2-6(11)5(3-4)8(13)7(12)9(14)15/h1-3,7-8,13H,(H,14,15). The van der Waals surface area contributed by atoms with Gasteiger partial charge in [0.1, 0.15) is 11.9 Å². The number of aliphatic hydroxyl groups excluding tert-OH is 1. The Hall–Kier alpha value is -1.01. The molecule has 0 aliphatic heterocycles. The van der Waals surface area contributed by atoms with E-state index in [4.69, 9.17) is 5.11 Å². The summed E-state index contributed by atoms with van der Waals surface area (Å²) in [6.45, 7) is 0. The molecule has 1 rings (SSSR count). The van der Waals surface area contributed by atoms with Gasteiger partial charge in [0, 0.05) is 10.0 Å². The maximum absolute atomic E-state index is 13.1. The molecule has 1 aromatic rings. The zero-order valence-corrected chi connectivity index (χ0v) is 8.91. The highest BCUT2D eigenvalue weighted by Crippen LogP contribution is 2.25. The molecule has 2 unspecified atom stereocenters. The lowest BCUT2D eigenvalue weighted by atomic mass is 10.1. The summed E-state index contributed by atoms with van der Waals surface area (Å²) in [5.41, 5.74) is -0.390. The third-order valence-corrected chi connectivity index (χ3v) is 2.28. The van der Waals surface area contributed by atoms with Crippen LogP contribution < -0.4 is 0 Å². The van der Waals surface area contributed by atoms with Gasteiger partial charge in [-0.25, -0.2) is 13.6 Å². The van der Waals surface area contributed by atoms with Gasteiger partial charge in [0.2, 0.25) is 6.17 Å². The predicted octanol–water partition coefficient (Wildman–Crippen LogP) is 2.04. The molecule has 0 radical (unpaired) electrons. The lowest BCUT2D eigenvalue weighted by Gasteiger charge is -2.13. The molecule has 0 fully saturated rings. The van der Waals surface area contributed by atoms with Gasteiger partial charge in [-0.3, -0.25) is 0 Å². The van der Waals surface area contributed by atoms with Crippen LogP contribution in [0.4, 0.5) is 8.78 Å². The molecule has 0 spiro atoms. The van der Waals surface area contributed by atoms with Crippen LogP contribution in [0.1, 0.15) is 11.7 Å². The van der Waals surface area contributed by atoms with E-state index in [1.165, 1.54) is 6.07 Å². The Balaban J connectivity index is 3.04. The summed E-state index contributed by atoms with van der Waals surface area (Å²) in [4.78, 5) is 10.2. The van der Waals surface area contributed by atoms with Crippen LogP contribution in [0, 0.1) is 5.82 Å². The second-order valence-corrected chi connectivity index (χ2v) is 3.77. The van der Waals surface area contributed by atoms with Crippen LogP contribution in [0.5, 0.6) is 0 Å². The van der Waals surface area contributed by atoms with E-state index >= 15 is 0 Å². The summed E-state index contributed by atoms with van der Waals surface area (Å²) >= 11 is 3.00. The minimum atomic E-state index is -2.55. The molecular weight excluding hydrogens is 274 g/mol. The number of halogens is 3. The number of benzene rings is 1. The quantitative estimate of drug-likeness (QED) is 0.891. The highest BCUT2D eigenvalue weighted by molar-refractivity contribution is 9.10. The molecule has 0 amide bonds. The van der Waals surface area contributed by atoms with E-state index in [0.717, 1.165) is 12.1 Å². The second-order valence-electron chi connectivity index (χ2n) is 2.85. The van der Waals surface area contributed by atoms with Crippen molar-refractivity contribution in [2.75, 3.05) is 0 Å². The van der Waals surface area contributed by atoms with Crippen molar-refractivity contribution < 1.29 is 23.8 Å². The van der Waals surface area contributed by atoms with Gasteiger partial charge in [-0.1, -0.05) is 15.9 Å². The van der Waals surface area contributed by atoms with Crippen LogP contribution in [-0.2, 0) is 4.79 Å². The highest BCUT2D eigenvalue weighted by atomic mass is 79.9. The lowest BCUT2D eigenvalue weighted by molar-refractivity contribution is -0.147. The number of rotatable bonds is 3. The number of hydrogen-bond acceptors (Lipinski definition) is 2. The molecule has 0 heterocycles. The maximum atomic E-state index is 13.1. The SMILES string of the molecule is O=C(O)C(F)C(O)c1cc(Br)ccc1F.